The number of aliphatic imine (C=N–C) groups is 1. The predicted octanol–water partition coefficient (Wildman–Crippen LogP) is 2.44. The first kappa shape index (κ1) is 14.9. The van der Waals surface area contributed by atoms with E-state index in [-0.39, 0.29) is 5.56 Å². The lowest BCUT2D eigenvalue weighted by atomic mass is 9.96. The molecule has 1 aliphatic rings. The van der Waals surface area contributed by atoms with Gasteiger partial charge in [-0.3, -0.25) is 14.8 Å². The quantitative estimate of drug-likeness (QED) is 0.672. The fourth-order valence-corrected chi connectivity index (χ4v) is 2.83. The van der Waals surface area contributed by atoms with Crippen LogP contribution in [0, 0.1) is 0 Å². The Balaban J connectivity index is 1.96. The number of nitrogens with one attached hydrogen (secondary N) is 2. The van der Waals surface area contributed by atoms with E-state index in [0.717, 1.165) is 16.8 Å². The van der Waals surface area contributed by atoms with Crippen molar-refractivity contribution in [1.29, 1.82) is 0 Å². The fourth-order valence-electron chi connectivity index (χ4n) is 2.83. The smallest absolute Gasteiger partial charge is 0.328 e. The van der Waals surface area contributed by atoms with E-state index in [4.69, 9.17) is 0 Å². The van der Waals surface area contributed by atoms with Crippen LogP contribution in [0.4, 0.5) is 5.69 Å². The van der Waals surface area contributed by atoms with Gasteiger partial charge in [0.15, 0.2) is 0 Å². The number of aromatic nitrogens is 2. The Morgan fingerprint density at radius 1 is 0.920 bits per heavy atom. The summed E-state index contributed by atoms with van der Waals surface area (Å²) in [5.41, 5.74) is 2.50. The third-order valence-corrected chi connectivity index (χ3v) is 3.98. The van der Waals surface area contributed by atoms with Crippen molar-refractivity contribution in [2.75, 3.05) is 0 Å². The molecule has 2 aromatic carbocycles. The minimum atomic E-state index is -0.756. The van der Waals surface area contributed by atoms with E-state index < -0.39 is 17.1 Å². The Morgan fingerprint density at radius 3 is 2.40 bits per heavy atom. The molecule has 0 unspecified atom stereocenters. The molecule has 0 spiro atoms. The van der Waals surface area contributed by atoms with Crippen LogP contribution in [0.2, 0.25) is 0 Å². The molecule has 1 aliphatic heterocycles. The van der Waals surface area contributed by atoms with Gasteiger partial charge >= 0.3 is 5.69 Å². The number of hydrogen-bond acceptors (Lipinski definition) is 4. The van der Waals surface area contributed by atoms with Crippen LogP contribution in [-0.4, -0.2) is 20.8 Å². The minimum Gasteiger partial charge on any atom is -0.494 e. The molecule has 25 heavy (non-hydrogen) atoms. The van der Waals surface area contributed by atoms with Gasteiger partial charge in [0.1, 0.15) is 5.56 Å². The molecule has 1 aromatic heterocycles. The van der Waals surface area contributed by atoms with Gasteiger partial charge in [-0.1, -0.05) is 48.5 Å². The Bertz CT molecular complexity index is 1140. The first-order valence-corrected chi connectivity index (χ1v) is 7.64. The first-order valence-electron chi connectivity index (χ1n) is 7.64. The zero-order valence-corrected chi connectivity index (χ0v) is 13.0. The SMILES string of the molecule is O=c1[nH]c(O)c(C=C2C(c3ccccc3)=Nc3ccccc32)c(=O)[nH]1. The van der Waals surface area contributed by atoms with Crippen LogP contribution >= 0.6 is 0 Å². The Morgan fingerprint density at radius 2 is 1.64 bits per heavy atom. The van der Waals surface area contributed by atoms with Crippen molar-refractivity contribution in [2.45, 2.75) is 0 Å². The van der Waals surface area contributed by atoms with Gasteiger partial charge in [0.2, 0.25) is 5.88 Å². The van der Waals surface area contributed by atoms with Crippen molar-refractivity contribution in [2.24, 2.45) is 4.99 Å². The summed E-state index contributed by atoms with van der Waals surface area (Å²) in [7, 11) is 0. The minimum absolute atomic E-state index is 0.0186. The number of benzene rings is 2. The van der Waals surface area contributed by atoms with E-state index in [2.05, 4.69) is 15.0 Å². The van der Waals surface area contributed by atoms with Gasteiger partial charge in [-0.2, -0.15) is 0 Å². The van der Waals surface area contributed by atoms with E-state index in [1.165, 1.54) is 0 Å². The summed E-state index contributed by atoms with van der Waals surface area (Å²) < 4.78 is 0. The van der Waals surface area contributed by atoms with Crippen LogP contribution in [-0.2, 0) is 0 Å². The molecule has 0 radical (unpaired) electrons. The standard InChI is InChI=1S/C19H13N3O3/c23-17-14(18(24)22-19(25)21-17)10-13-12-8-4-5-9-15(12)20-16(13)11-6-2-1-3-7-11/h1-10H,(H3,21,22,23,24,25). The average molecular weight is 331 g/mol. The molecule has 6 heteroatoms. The molecule has 6 nitrogen and oxygen atoms in total. The van der Waals surface area contributed by atoms with Gasteiger partial charge in [0.25, 0.3) is 5.56 Å². The summed E-state index contributed by atoms with van der Waals surface area (Å²) in [6, 6.07) is 17.1. The number of aromatic hydroxyl groups is 1. The maximum absolute atomic E-state index is 12.1. The lowest BCUT2D eigenvalue weighted by Gasteiger charge is -2.06. The summed E-state index contributed by atoms with van der Waals surface area (Å²) in [6.45, 7) is 0. The van der Waals surface area contributed by atoms with E-state index >= 15 is 0 Å². The molecular formula is C19H13N3O3. The van der Waals surface area contributed by atoms with Crippen molar-refractivity contribution >= 4 is 23.0 Å². The Kier molecular flexibility index (Phi) is 3.43. The maximum atomic E-state index is 12.1. The molecule has 0 saturated heterocycles. The first-order chi connectivity index (χ1) is 12.1. The lowest BCUT2D eigenvalue weighted by molar-refractivity contribution is 0.447. The lowest BCUT2D eigenvalue weighted by Crippen LogP contribution is -2.23. The van der Waals surface area contributed by atoms with Gasteiger partial charge in [-0.15, -0.1) is 0 Å². The fraction of sp³-hybridized carbons (Fsp3) is 0. The molecule has 0 bridgehead atoms. The van der Waals surface area contributed by atoms with E-state index in [0.29, 0.717) is 11.3 Å². The van der Waals surface area contributed by atoms with Crippen LogP contribution in [0.25, 0.3) is 11.6 Å². The predicted molar refractivity (Wildman–Crippen MR) is 96.3 cm³/mol. The van der Waals surface area contributed by atoms with Crippen LogP contribution in [0.5, 0.6) is 5.88 Å². The van der Waals surface area contributed by atoms with Gasteiger partial charge in [-0.05, 0) is 12.1 Å². The highest BCUT2D eigenvalue weighted by Crippen LogP contribution is 2.38. The molecule has 0 fully saturated rings. The van der Waals surface area contributed by atoms with Crippen molar-refractivity contribution in [3.8, 4) is 5.88 Å². The molecule has 3 N–H and O–H groups in total. The maximum Gasteiger partial charge on any atom is 0.328 e. The number of hydrogen-bond donors (Lipinski definition) is 3. The number of aromatic amines is 2. The van der Waals surface area contributed by atoms with E-state index in [1.54, 1.807) is 6.08 Å². The number of nitrogens with zero attached hydrogens (tertiary/aromatic N) is 1. The van der Waals surface area contributed by atoms with Crippen molar-refractivity contribution < 1.29 is 5.11 Å². The molecule has 2 heterocycles. The zero-order valence-electron chi connectivity index (χ0n) is 13.0. The van der Waals surface area contributed by atoms with Crippen LogP contribution < -0.4 is 11.2 Å². The summed E-state index contributed by atoms with van der Waals surface area (Å²) in [6.07, 6.45) is 1.54. The molecular weight excluding hydrogens is 318 g/mol. The third-order valence-electron chi connectivity index (χ3n) is 3.98. The van der Waals surface area contributed by atoms with Gasteiger partial charge < -0.3 is 5.11 Å². The second-order valence-electron chi connectivity index (χ2n) is 5.57. The number of para-hydroxylation sites is 1. The Hall–Kier alpha value is -3.67. The van der Waals surface area contributed by atoms with Crippen molar-refractivity contribution in [3.05, 3.63) is 92.1 Å². The van der Waals surface area contributed by atoms with Gasteiger partial charge in [0, 0.05) is 16.7 Å². The Labute approximate surface area is 141 Å². The molecule has 0 amide bonds. The number of fused-ring (bicyclic) bond motifs is 1. The summed E-state index contributed by atoms with van der Waals surface area (Å²) in [5.74, 6) is -0.474. The van der Waals surface area contributed by atoms with Gasteiger partial charge in [0.05, 0.1) is 11.4 Å². The van der Waals surface area contributed by atoms with Crippen LogP contribution in [0.15, 0.2) is 69.2 Å². The van der Waals surface area contributed by atoms with Crippen molar-refractivity contribution in [1.82, 2.24) is 9.97 Å². The van der Waals surface area contributed by atoms with E-state index in [9.17, 15) is 14.7 Å². The molecule has 3 aromatic rings. The normalized spacial score (nSPS) is 14.4. The third kappa shape index (κ3) is 2.59. The van der Waals surface area contributed by atoms with Crippen molar-refractivity contribution in [3.63, 3.8) is 0 Å². The highest BCUT2D eigenvalue weighted by molar-refractivity contribution is 6.38. The second-order valence-corrected chi connectivity index (χ2v) is 5.57. The second kappa shape index (κ2) is 5.76. The largest absolute Gasteiger partial charge is 0.494 e. The van der Waals surface area contributed by atoms with Gasteiger partial charge in [-0.25, -0.2) is 9.79 Å². The summed E-state index contributed by atoms with van der Waals surface area (Å²) >= 11 is 0. The number of rotatable bonds is 2. The van der Waals surface area contributed by atoms with Crippen LogP contribution in [0.1, 0.15) is 16.7 Å². The topological polar surface area (TPSA) is 98.3 Å². The molecule has 122 valence electrons. The molecule has 0 saturated carbocycles. The summed E-state index contributed by atoms with van der Waals surface area (Å²) in [5, 5.41) is 9.98. The number of H-pyrrole nitrogens is 2. The summed E-state index contributed by atoms with van der Waals surface area (Å²) in [4.78, 5) is 32.3. The molecule has 0 atom stereocenters. The molecule has 4 rings (SSSR count). The zero-order chi connectivity index (χ0) is 17.4. The highest BCUT2D eigenvalue weighted by Gasteiger charge is 2.22. The average Bonchev–Trinajstić information content (AvgIpc) is 2.97. The van der Waals surface area contributed by atoms with E-state index in [1.807, 2.05) is 54.6 Å². The van der Waals surface area contributed by atoms with Crippen LogP contribution in [0.3, 0.4) is 0 Å². The number of allylic oxidation sites excluding steroid dienone is 1. The monoisotopic (exact) mass is 331 g/mol. The molecule has 0 aliphatic carbocycles. The highest BCUT2D eigenvalue weighted by atomic mass is 16.3.